The van der Waals surface area contributed by atoms with Crippen molar-refractivity contribution >= 4 is 17.9 Å². The first-order chi connectivity index (χ1) is 15.6. The van der Waals surface area contributed by atoms with E-state index in [1.54, 1.807) is 14.2 Å². The Morgan fingerprint density at radius 3 is 1.78 bits per heavy atom. The maximum Gasteiger partial charge on any atom is 0.187 e. The number of methoxy groups -OCH3 is 2. The lowest BCUT2D eigenvalue weighted by atomic mass is 9.93. The van der Waals surface area contributed by atoms with Gasteiger partial charge in [-0.15, -0.1) is 0 Å². The van der Waals surface area contributed by atoms with Gasteiger partial charge < -0.3 is 9.47 Å². The van der Waals surface area contributed by atoms with Gasteiger partial charge in [0.1, 0.15) is 11.5 Å². The van der Waals surface area contributed by atoms with E-state index in [9.17, 15) is 4.79 Å². The van der Waals surface area contributed by atoms with E-state index >= 15 is 0 Å². The second kappa shape index (κ2) is 10.1. The molecule has 0 aromatic heterocycles. The lowest BCUT2D eigenvalue weighted by Gasteiger charge is -2.30. The lowest BCUT2D eigenvalue weighted by molar-refractivity contribution is -0.113. The van der Waals surface area contributed by atoms with Gasteiger partial charge in [-0.25, -0.2) is 0 Å². The van der Waals surface area contributed by atoms with Crippen molar-refractivity contribution in [3.63, 3.8) is 0 Å². The first kappa shape index (κ1) is 21.6. The predicted octanol–water partition coefficient (Wildman–Crippen LogP) is 5.26. The molecule has 0 bridgehead atoms. The Labute approximate surface area is 189 Å². The van der Waals surface area contributed by atoms with Gasteiger partial charge in [0.15, 0.2) is 5.78 Å². The van der Waals surface area contributed by atoms with Crippen molar-refractivity contribution in [2.45, 2.75) is 6.54 Å². The normalized spacial score (nSPS) is 17.0. The summed E-state index contributed by atoms with van der Waals surface area (Å²) in [6, 6.07) is 25.9. The van der Waals surface area contributed by atoms with Crippen LogP contribution < -0.4 is 9.47 Å². The average Bonchev–Trinajstić information content (AvgIpc) is 2.83. The number of benzene rings is 3. The summed E-state index contributed by atoms with van der Waals surface area (Å²) in [7, 11) is 3.29. The monoisotopic (exact) mass is 425 g/mol. The molecule has 162 valence electrons. The largest absolute Gasteiger partial charge is 0.497 e. The Hall–Kier alpha value is -3.63. The van der Waals surface area contributed by atoms with E-state index in [0.29, 0.717) is 13.1 Å². The average molecular weight is 426 g/mol. The van der Waals surface area contributed by atoms with E-state index in [0.717, 1.165) is 40.3 Å². The third kappa shape index (κ3) is 5.34. The molecule has 1 aliphatic heterocycles. The van der Waals surface area contributed by atoms with Gasteiger partial charge >= 0.3 is 0 Å². The molecule has 0 aliphatic carbocycles. The third-order valence-corrected chi connectivity index (χ3v) is 5.49. The highest BCUT2D eigenvalue weighted by molar-refractivity contribution is 6.14. The number of piperidine rings is 1. The minimum absolute atomic E-state index is 0.0833. The molecule has 0 atom stereocenters. The molecule has 1 saturated heterocycles. The molecule has 0 amide bonds. The summed E-state index contributed by atoms with van der Waals surface area (Å²) in [6.45, 7) is 1.97. The zero-order valence-electron chi connectivity index (χ0n) is 18.5. The summed E-state index contributed by atoms with van der Waals surface area (Å²) in [6.07, 6.45) is 3.95. The number of rotatable bonds is 6. The number of carbonyl (C=O) groups is 1. The van der Waals surface area contributed by atoms with Crippen LogP contribution in [0, 0.1) is 0 Å². The van der Waals surface area contributed by atoms with Crippen LogP contribution in [-0.4, -0.2) is 38.0 Å². The third-order valence-electron chi connectivity index (χ3n) is 5.49. The fourth-order valence-corrected chi connectivity index (χ4v) is 3.93. The second-order valence-electron chi connectivity index (χ2n) is 7.85. The van der Waals surface area contributed by atoms with E-state index < -0.39 is 0 Å². The quantitative estimate of drug-likeness (QED) is 0.505. The number of ether oxygens (including phenoxy) is 2. The molecule has 1 fully saturated rings. The van der Waals surface area contributed by atoms with Gasteiger partial charge in [-0.05, 0) is 53.1 Å². The molecule has 1 heterocycles. The molecule has 0 saturated carbocycles. The molecule has 4 heteroatoms. The second-order valence-corrected chi connectivity index (χ2v) is 7.85. The maximum absolute atomic E-state index is 13.4. The molecule has 4 nitrogen and oxygen atoms in total. The van der Waals surface area contributed by atoms with Gasteiger partial charge in [0.2, 0.25) is 0 Å². The van der Waals surface area contributed by atoms with Crippen molar-refractivity contribution in [3.05, 3.63) is 107 Å². The highest BCUT2D eigenvalue weighted by Gasteiger charge is 2.26. The SMILES string of the molecule is COc1cccc(/C=C2\CN(Cc3ccccc3)C/C(=C\c3cccc(OC)c3)C2=O)c1. The molecule has 4 rings (SSSR count). The van der Waals surface area contributed by atoms with Gasteiger partial charge in [0.25, 0.3) is 0 Å². The first-order valence-corrected chi connectivity index (χ1v) is 10.6. The van der Waals surface area contributed by atoms with Gasteiger partial charge in [0, 0.05) is 30.8 Å². The maximum atomic E-state index is 13.4. The summed E-state index contributed by atoms with van der Waals surface area (Å²) in [5.74, 6) is 1.63. The number of likely N-dealkylation sites (tertiary alicyclic amines) is 1. The number of carbonyl (C=O) groups excluding carboxylic acids is 1. The van der Waals surface area contributed by atoms with Crippen LogP contribution in [0.4, 0.5) is 0 Å². The summed E-state index contributed by atoms with van der Waals surface area (Å²) < 4.78 is 10.7. The molecule has 1 aliphatic rings. The smallest absolute Gasteiger partial charge is 0.187 e. The molecule has 32 heavy (non-hydrogen) atoms. The molecular weight excluding hydrogens is 398 g/mol. The van der Waals surface area contributed by atoms with E-state index in [4.69, 9.17) is 9.47 Å². The van der Waals surface area contributed by atoms with Crippen molar-refractivity contribution in [2.24, 2.45) is 0 Å². The summed E-state index contributed by atoms with van der Waals surface area (Å²) >= 11 is 0. The minimum Gasteiger partial charge on any atom is -0.497 e. The Kier molecular flexibility index (Phi) is 6.83. The van der Waals surface area contributed by atoms with Crippen LogP contribution in [0.1, 0.15) is 16.7 Å². The van der Waals surface area contributed by atoms with Crippen molar-refractivity contribution in [1.82, 2.24) is 4.90 Å². The standard InChI is InChI=1S/C28H27NO3/c1-31-26-12-6-10-22(16-26)14-24-19-29(18-21-8-4-3-5-9-21)20-25(28(24)30)15-23-11-7-13-27(17-23)32-2/h3-17H,18-20H2,1-2H3/b24-14+,25-15+. The van der Waals surface area contributed by atoms with Gasteiger partial charge in [-0.3, -0.25) is 9.69 Å². The van der Waals surface area contributed by atoms with Crippen LogP contribution in [-0.2, 0) is 11.3 Å². The first-order valence-electron chi connectivity index (χ1n) is 10.6. The van der Waals surface area contributed by atoms with Crippen LogP contribution in [0.25, 0.3) is 12.2 Å². The number of hydrogen-bond donors (Lipinski definition) is 0. The Morgan fingerprint density at radius 2 is 1.28 bits per heavy atom. The summed E-state index contributed by atoms with van der Waals surface area (Å²) in [5.41, 5.74) is 4.68. The molecule has 0 N–H and O–H groups in total. The summed E-state index contributed by atoms with van der Waals surface area (Å²) in [5, 5.41) is 0. The van der Waals surface area contributed by atoms with Gasteiger partial charge in [-0.1, -0.05) is 54.6 Å². The molecule has 0 spiro atoms. The minimum atomic E-state index is 0.0833. The van der Waals surface area contributed by atoms with Crippen LogP contribution in [0.15, 0.2) is 90.0 Å². The fourth-order valence-electron chi connectivity index (χ4n) is 3.93. The highest BCUT2D eigenvalue weighted by Crippen LogP contribution is 2.25. The Bertz CT molecular complexity index is 1080. The molecule has 3 aromatic carbocycles. The van der Waals surface area contributed by atoms with Crippen molar-refractivity contribution in [1.29, 1.82) is 0 Å². The van der Waals surface area contributed by atoms with Crippen molar-refractivity contribution in [2.75, 3.05) is 27.3 Å². The predicted molar refractivity (Wildman–Crippen MR) is 129 cm³/mol. The number of Topliss-reactive ketones (excluding diaryl/α,β-unsaturated/α-hetero) is 1. The van der Waals surface area contributed by atoms with E-state index in [-0.39, 0.29) is 5.78 Å². The lowest BCUT2D eigenvalue weighted by Crippen LogP contribution is -2.37. The van der Waals surface area contributed by atoms with Crippen LogP contribution in [0.3, 0.4) is 0 Å². The Balaban J connectivity index is 1.69. The van der Waals surface area contributed by atoms with Crippen molar-refractivity contribution in [3.8, 4) is 11.5 Å². The molecular formula is C28H27NO3. The fraction of sp³-hybridized carbons (Fsp3) is 0.179. The van der Waals surface area contributed by atoms with Crippen molar-refractivity contribution < 1.29 is 14.3 Å². The zero-order chi connectivity index (χ0) is 22.3. The molecule has 0 radical (unpaired) electrons. The topological polar surface area (TPSA) is 38.8 Å². The van der Waals surface area contributed by atoms with Crippen LogP contribution >= 0.6 is 0 Å². The number of nitrogens with zero attached hydrogens (tertiary/aromatic N) is 1. The van der Waals surface area contributed by atoms with Gasteiger partial charge in [0.05, 0.1) is 14.2 Å². The zero-order valence-corrected chi connectivity index (χ0v) is 18.5. The number of hydrogen-bond acceptors (Lipinski definition) is 4. The highest BCUT2D eigenvalue weighted by atomic mass is 16.5. The van der Waals surface area contributed by atoms with E-state index in [1.165, 1.54) is 5.56 Å². The Morgan fingerprint density at radius 1 is 0.750 bits per heavy atom. The number of ketones is 1. The molecule has 3 aromatic rings. The van der Waals surface area contributed by atoms with E-state index in [2.05, 4.69) is 17.0 Å². The molecule has 0 unspecified atom stereocenters. The summed E-state index contributed by atoms with van der Waals surface area (Å²) in [4.78, 5) is 15.7. The van der Waals surface area contributed by atoms with Crippen LogP contribution in [0.5, 0.6) is 11.5 Å². The van der Waals surface area contributed by atoms with E-state index in [1.807, 2.05) is 78.9 Å². The van der Waals surface area contributed by atoms with Crippen LogP contribution in [0.2, 0.25) is 0 Å². The van der Waals surface area contributed by atoms with Gasteiger partial charge in [-0.2, -0.15) is 0 Å².